The van der Waals surface area contributed by atoms with E-state index in [1.807, 2.05) is 41.2 Å². The van der Waals surface area contributed by atoms with Gasteiger partial charge in [0, 0.05) is 12.4 Å². The van der Waals surface area contributed by atoms with Crippen molar-refractivity contribution in [3.63, 3.8) is 0 Å². The van der Waals surface area contributed by atoms with E-state index in [-0.39, 0.29) is 35.9 Å². The highest BCUT2D eigenvalue weighted by Crippen LogP contribution is 2.49. The van der Waals surface area contributed by atoms with Gasteiger partial charge in [0.1, 0.15) is 0 Å². The summed E-state index contributed by atoms with van der Waals surface area (Å²) in [6.07, 6.45) is 5.24. The predicted molar refractivity (Wildman–Crippen MR) is 85.1 cm³/mol. The first-order valence-electron chi connectivity index (χ1n) is 8.32. The highest BCUT2D eigenvalue weighted by Gasteiger charge is 2.62. The fourth-order valence-corrected chi connectivity index (χ4v) is 4.34. The second-order valence-electron chi connectivity index (χ2n) is 6.73. The molecule has 0 spiro atoms. The first-order valence-corrected chi connectivity index (χ1v) is 8.32. The van der Waals surface area contributed by atoms with Gasteiger partial charge in [-0.05, 0) is 36.6 Å². The normalized spacial score (nSPS) is 31.1. The number of benzene rings is 1. The molecule has 3 aliphatic heterocycles. The van der Waals surface area contributed by atoms with E-state index in [1.54, 1.807) is 6.20 Å². The van der Waals surface area contributed by atoms with Gasteiger partial charge in [0.05, 0.1) is 36.3 Å². The van der Waals surface area contributed by atoms with Gasteiger partial charge in [-0.25, -0.2) is 4.90 Å². The van der Waals surface area contributed by atoms with Crippen LogP contribution in [0.1, 0.15) is 18.4 Å². The molecule has 3 fully saturated rings. The topological polar surface area (TPSA) is 64.4 Å². The SMILES string of the molecule is O=C1[C@@H]2[C@H](C(=O)N1c1cccc(Cn3cccn3)c1)[C@H]1CC[C@H]2O1. The van der Waals surface area contributed by atoms with E-state index in [2.05, 4.69) is 5.10 Å². The number of hydrogen-bond donors (Lipinski definition) is 0. The minimum Gasteiger partial charge on any atom is -0.373 e. The average molecular weight is 323 g/mol. The first kappa shape index (κ1) is 13.9. The summed E-state index contributed by atoms with van der Waals surface area (Å²) in [5, 5.41) is 4.20. The smallest absolute Gasteiger partial charge is 0.240 e. The summed E-state index contributed by atoms with van der Waals surface area (Å²) in [6.45, 7) is 0.609. The second-order valence-corrected chi connectivity index (χ2v) is 6.73. The number of hydrogen-bond acceptors (Lipinski definition) is 4. The summed E-state index contributed by atoms with van der Waals surface area (Å²) in [6, 6.07) is 9.46. The lowest BCUT2D eigenvalue weighted by atomic mass is 9.81. The minimum atomic E-state index is -0.286. The molecular formula is C18H17N3O3. The van der Waals surface area contributed by atoms with Crippen molar-refractivity contribution < 1.29 is 14.3 Å². The molecule has 0 saturated carbocycles. The Kier molecular flexibility index (Phi) is 2.91. The third kappa shape index (κ3) is 1.89. The molecule has 2 aromatic rings. The number of carbonyl (C=O) groups is 2. The Labute approximate surface area is 139 Å². The molecule has 2 amide bonds. The number of nitrogens with zero attached hydrogens (tertiary/aromatic N) is 3. The Bertz CT molecular complexity index is 789. The van der Waals surface area contributed by atoms with Crippen LogP contribution in [0.4, 0.5) is 5.69 Å². The van der Waals surface area contributed by atoms with Crippen LogP contribution in [0.3, 0.4) is 0 Å². The van der Waals surface area contributed by atoms with Gasteiger partial charge in [0.15, 0.2) is 0 Å². The summed E-state index contributed by atoms with van der Waals surface area (Å²) < 4.78 is 7.59. The van der Waals surface area contributed by atoms with Crippen LogP contribution < -0.4 is 4.90 Å². The van der Waals surface area contributed by atoms with Gasteiger partial charge >= 0.3 is 0 Å². The molecule has 0 aliphatic carbocycles. The van der Waals surface area contributed by atoms with Gasteiger partial charge in [0.25, 0.3) is 0 Å². The Hall–Kier alpha value is -2.47. The zero-order valence-corrected chi connectivity index (χ0v) is 13.0. The molecule has 1 aromatic carbocycles. The summed E-state index contributed by atoms with van der Waals surface area (Å²) in [7, 11) is 0. The van der Waals surface area contributed by atoms with Crippen LogP contribution in [0, 0.1) is 11.8 Å². The molecule has 5 rings (SSSR count). The molecule has 0 radical (unpaired) electrons. The van der Waals surface area contributed by atoms with E-state index in [4.69, 9.17) is 4.74 Å². The number of aromatic nitrogens is 2. The van der Waals surface area contributed by atoms with E-state index in [0.29, 0.717) is 12.2 Å². The van der Waals surface area contributed by atoms with Crippen LogP contribution in [-0.4, -0.2) is 33.8 Å². The highest BCUT2D eigenvalue weighted by atomic mass is 16.5. The van der Waals surface area contributed by atoms with Crippen LogP contribution in [0.15, 0.2) is 42.7 Å². The van der Waals surface area contributed by atoms with Gasteiger partial charge < -0.3 is 4.74 Å². The second kappa shape index (κ2) is 5.01. The predicted octanol–water partition coefficient (Wildman–Crippen LogP) is 1.60. The number of ether oxygens (including phenoxy) is 1. The summed E-state index contributed by atoms with van der Waals surface area (Å²) in [4.78, 5) is 27.0. The van der Waals surface area contributed by atoms with Crippen molar-refractivity contribution >= 4 is 17.5 Å². The largest absolute Gasteiger partial charge is 0.373 e. The zero-order valence-electron chi connectivity index (χ0n) is 13.0. The molecular weight excluding hydrogens is 306 g/mol. The summed E-state index contributed by atoms with van der Waals surface area (Å²) in [5.41, 5.74) is 1.66. The maximum Gasteiger partial charge on any atom is 0.240 e. The maximum absolute atomic E-state index is 12.8. The van der Waals surface area contributed by atoms with Gasteiger partial charge in [-0.3, -0.25) is 14.3 Å². The number of rotatable bonds is 3. The fraction of sp³-hybridized carbons (Fsp3) is 0.389. The van der Waals surface area contributed by atoms with Crippen LogP contribution in [0.2, 0.25) is 0 Å². The molecule has 6 heteroatoms. The standard InChI is InChI=1S/C18H17N3O3/c22-17-15-13-5-6-14(24-13)16(15)18(23)21(17)12-4-1-3-11(9-12)10-20-8-2-7-19-20/h1-4,7-9,13-16H,5-6,10H2/t13-,14-,15-,16+/m1/s1. The lowest BCUT2D eigenvalue weighted by molar-refractivity contribution is -0.124. The van der Waals surface area contributed by atoms with E-state index in [1.165, 1.54) is 4.90 Å². The monoisotopic (exact) mass is 323 g/mol. The Morgan fingerprint density at radius 3 is 2.50 bits per heavy atom. The molecule has 0 N–H and O–H groups in total. The number of fused-ring (bicyclic) bond motifs is 5. The van der Waals surface area contributed by atoms with Crippen molar-refractivity contribution in [1.82, 2.24) is 9.78 Å². The molecule has 0 unspecified atom stereocenters. The van der Waals surface area contributed by atoms with Crippen molar-refractivity contribution in [1.29, 1.82) is 0 Å². The van der Waals surface area contributed by atoms with Gasteiger partial charge in [0.2, 0.25) is 11.8 Å². The van der Waals surface area contributed by atoms with Crippen molar-refractivity contribution in [3.05, 3.63) is 48.3 Å². The van der Waals surface area contributed by atoms with Gasteiger partial charge in [-0.15, -0.1) is 0 Å². The van der Waals surface area contributed by atoms with Crippen molar-refractivity contribution in [2.45, 2.75) is 31.6 Å². The average Bonchev–Trinajstić information content (AvgIpc) is 3.33. The van der Waals surface area contributed by atoms with Gasteiger partial charge in [-0.1, -0.05) is 12.1 Å². The number of imide groups is 1. The van der Waals surface area contributed by atoms with E-state index in [0.717, 1.165) is 18.4 Å². The van der Waals surface area contributed by atoms with Crippen molar-refractivity contribution in [3.8, 4) is 0 Å². The van der Waals surface area contributed by atoms with Crippen molar-refractivity contribution in [2.75, 3.05) is 4.90 Å². The molecule has 1 aromatic heterocycles. The van der Waals surface area contributed by atoms with Crippen LogP contribution >= 0.6 is 0 Å². The number of anilines is 1. The molecule has 122 valence electrons. The molecule has 4 heterocycles. The van der Waals surface area contributed by atoms with Crippen LogP contribution in [0.5, 0.6) is 0 Å². The maximum atomic E-state index is 12.8. The van der Waals surface area contributed by atoms with E-state index < -0.39 is 0 Å². The highest BCUT2D eigenvalue weighted by molar-refractivity contribution is 6.22. The third-order valence-corrected chi connectivity index (χ3v) is 5.36. The Morgan fingerprint density at radius 2 is 1.83 bits per heavy atom. The van der Waals surface area contributed by atoms with Gasteiger partial charge in [-0.2, -0.15) is 5.10 Å². The molecule has 24 heavy (non-hydrogen) atoms. The lowest BCUT2D eigenvalue weighted by Crippen LogP contribution is -2.34. The Morgan fingerprint density at radius 1 is 1.08 bits per heavy atom. The van der Waals surface area contributed by atoms with E-state index in [9.17, 15) is 9.59 Å². The molecule has 2 bridgehead atoms. The van der Waals surface area contributed by atoms with Crippen molar-refractivity contribution in [2.24, 2.45) is 11.8 Å². The molecule has 6 nitrogen and oxygen atoms in total. The number of amides is 2. The first-order chi connectivity index (χ1) is 11.7. The lowest BCUT2D eigenvalue weighted by Gasteiger charge is -2.18. The number of carbonyl (C=O) groups excluding carboxylic acids is 2. The quantitative estimate of drug-likeness (QED) is 0.805. The Balaban J connectivity index is 1.46. The summed E-state index contributed by atoms with van der Waals surface area (Å²) >= 11 is 0. The van der Waals surface area contributed by atoms with Crippen LogP contribution in [0.25, 0.3) is 0 Å². The summed E-state index contributed by atoms with van der Waals surface area (Å²) in [5.74, 6) is -0.779. The van der Waals surface area contributed by atoms with E-state index >= 15 is 0 Å². The molecule has 3 saturated heterocycles. The van der Waals surface area contributed by atoms with Crippen LogP contribution in [-0.2, 0) is 20.9 Å². The zero-order chi connectivity index (χ0) is 16.3. The fourth-order valence-electron chi connectivity index (χ4n) is 4.34. The third-order valence-electron chi connectivity index (χ3n) is 5.36. The minimum absolute atomic E-state index is 0.0753. The molecule has 4 atom stereocenters. The molecule has 3 aliphatic rings.